The lowest BCUT2D eigenvalue weighted by Gasteiger charge is -2.39. The molecule has 2 atom stereocenters. The lowest BCUT2D eigenvalue weighted by atomic mass is 9.83. The van der Waals surface area contributed by atoms with Crippen molar-refractivity contribution in [2.24, 2.45) is 11.8 Å². The van der Waals surface area contributed by atoms with Crippen LogP contribution in [0.15, 0.2) is 27.6 Å². The molecule has 3 fully saturated rings. The number of rotatable bonds is 6. The third kappa shape index (κ3) is 4.88. The molecule has 11 nitrogen and oxygen atoms in total. The number of fused-ring (bicyclic) bond motifs is 2. The van der Waals surface area contributed by atoms with Crippen molar-refractivity contribution in [3.8, 4) is 28.7 Å². The van der Waals surface area contributed by atoms with E-state index in [1.54, 1.807) is 13.3 Å². The predicted octanol–water partition coefficient (Wildman–Crippen LogP) is 5.08. The maximum Gasteiger partial charge on any atom is 0.439 e. The van der Waals surface area contributed by atoms with Crippen molar-refractivity contribution in [2.45, 2.75) is 70.6 Å². The summed E-state index contributed by atoms with van der Waals surface area (Å²) in [5, 5.41) is 4.37. The van der Waals surface area contributed by atoms with E-state index in [-0.39, 0.29) is 18.0 Å². The Labute approximate surface area is 242 Å². The van der Waals surface area contributed by atoms with Gasteiger partial charge in [0.25, 0.3) is 0 Å². The second-order valence-corrected chi connectivity index (χ2v) is 12.1. The fourth-order valence-corrected chi connectivity index (χ4v) is 7.05. The van der Waals surface area contributed by atoms with Gasteiger partial charge in [0.15, 0.2) is 0 Å². The number of ether oxygens (including phenoxy) is 2. The number of halogens is 1. The molecule has 1 saturated heterocycles. The van der Waals surface area contributed by atoms with Crippen LogP contribution in [0.4, 0.5) is 5.95 Å². The highest BCUT2D eigenvalue weighted by atomic mass is 35.5. The normalized spacial score (nSPS) is 24.6. The van der Waals surface area contributed by atoms with Gasteiger partial charge in [-0.1, -0.05) is 36.5 Å². The lowest BCUT2D eigenvalue weighted by molar-refractivity contribution is 0.0247. The standard InChI is InChI=1S/C29H34ClN7O4/c1-16-6-8-17(9-7-16)15-37-25-20(33-28(37)36-10-11-40-23-5-3-4-22(23)36)13-21(26-34-29(38)41-35-26)32-24(25)19-12-18(30)14-31-27(19)39-2/h12-14,16-17,22-23H,3-11,15H2,1-2H3,(H,34,35,38)/t16?,17?,22-,23-/m1/s1. The Balaban J connectivity index is 1.47. The largest absolute Gasteiger partial charge is 0.481 e. The summed E-state index contributed by atoms with van der Waals surface area (Å²) < 4.78 is 19.0. The van der Waals surface area contributed by atoms with E-state index in [0.29, 0.717) is 40.4 Å². The maximum absolute atomic E-state index is 11.8. The number of hydrogen-bond acceptors (Lipinski definition) is 9. The Bertz CT molecular complexity index is 1620. The molecule has 41 heavy (non-hydrogen) atoms. The number of imidazole rings is 1. The molecule has 216 valence electrons. The van der Waals surface area contributed by atoms with Crippen LogP contribution >= 0.6 is 11.6 Å². The van der Waals surface area contributed by atoms with E-state index in [1.807, 2.05) is 12.1 Å². The summed E-state index contributed by atoms with van der Waals surface area (Å²) in [5.41, 5.74) is 3.33. The first-order valence-corrected chi connectivity index (χ1v) is 14.9. The van der Waals surface area contributed by atoms with Gasteiger partial charge in [-0.2, -0.15) is 0 Å². The van der Waals surface area contributed by atoms with Gasteiger partial charge in [-0.25, -0.2) is 19.7 Å². The number of anilines is 1. The molecule has 3 aliphatic rings. The minimum absolute atomic E-state index is 0.220. The number of methoxy groups -OCH3 is 1. The van der Waals surface area contributed by atoms with Gasteiger partial charge in [0.1, 0.15) is 11.4 Å². The van der Waals surface area contributed by atoms with Crippen molar-refractivity contribution < 1.29 is 14.0 Å². The Kier molecular flexibility index (Phi) is 6.94. The molecule has 12 heteroatoms. The van der Waals surface area contributed by atoms with Gasteiger partial charge in [-0.05, 0) is 56.1 Å². The van der Waals surface area contributed by atoms with Crippen molar-refractivity contribution in [1.82, 2.24) is 29.7 Å². The summed E-state index contributed by atoms with van der Waals surface area (Å²) in [6.45, 7) is 4.63. The Morgan fingerprint density at radius 3 is 2.78 bits per heavy atom. The summed E-state index contributed by atoms with van der Waals surface area (Å²) in [6.07, 6.45) is 9.90. The topological polar surface area (TPSA) is 124 Å². The average molecular weight is 580 g/mol. The van der Waals surface area contributed by atoms with Gasteiger partial charge < -0.3 is 18.9 Å². The number of pyridine rings is 2. The van der Waals surface area contributed by atoms with Gasteiger partial charge in [0, 0.05) is 19.3 Å². The van der Waals surface area contributed by atoms with E-state index in [9.17, 15) is 4.79 Å². The molecule has 0 radical (unpaired) electrons. The van der Waals surface area contributed by atoms with Crippen molar-refractivity contribution >= 4 is 28.6 Å². The van der Waals surface area contributed by atoms with Crippen LogP contribution in [0, 0.1) is 11.8 Å². The molecule has 0 spiro atoms. The quantitative estimate of drug-likeness (QED) is 0.333. The number of aromatic amines is 1. The zero-order valence-corrected chi connectivity index (χ0v) is 24.1. The number of nitrogens with zero attached hydrogens (tertiary/aromatic N) is 6. The summed E-state index contributed by atoms with van der Waals surface area (Å²) in [6, 6.07) is 3.97. The fraction of sp³-hybridized carbons (Fsp3) is 0.552. The first-order chi connectivity index (χ1) is 20.0. The Morgan fingerprint density at radius 1 is 1.15 bits per heavy atom. The molecule has 4 aromatic heterocycles. The van der Waals surface area contributed by atoms with Gasteiger partial charge in [0.05, 0.1) is 47.5 Å². The van der Waals surface area contributed by atoms with E-state index < -0.39 is 5.76 Å². The van der Waals surface area contributed by atoms with Crippen LogP contribution in [0.2, 0.25) is 5.02 Å². The average Bonchev–Trinajstić information content (AvgIpc) is 3.72. The second kappa shape index (κ2) is 10.8. The molecule has 0 unspecified atom stereocenters. The van der Waals surface area contributed by atoms with Crippen LogP contribution in [-0.2, 0) is 11.3 Å². The van der Waals surface area contributed by atoms with Crippen LogP contribution in [0.25, 0.3) is 33.8 Å². The number of H-pyrrole nitrogens is 1. The number of hydrogen-bond donors (Lipinski definition) is 1. The van der Waals surface area contributed by atoms with Crippen molar-refractivity contribution in [2.75, 3.05) is 25.2 Å². The molecule has 0 bridgehead atoms. The van der Waals surface area contributed by atoms with Crippen LogP contribution < -0.4 is 15.4 Å². The molecular weight excluding hydrogens is 546 g/mol. The van der Waals surface area contributed by atoms with E-state index in [4.69, 9.17) is 35.6 Å². The molecule has 0 amide bonds. The van der Waals surface area contributed by atoms with E-state index >= 15 is 0 Å². The third-order valence-corrected chi connectivity index (χ3v) is 9.18. The number of morpholine rings is 1. The molecule has 1 N–H and O–H groups in total. The molecule has 2 aliphatic carbocycles. The monoisotopic (exact) mass is 579 g/mol. The number of aromatic nitrogens is 6. The van der Waals surface area contributed by atoms with Gasteiger partial charge in [0.2, 0.25) is 17.7 Å². The predicted molar refractivity (Wildman–Crippen MR) is 154 cm³/mol. The molecule has 7 rings (SSSR count). The third-order valence-electron chi connectivity index (χ3n) is 8.97. The van der Waals surface area contributed by atoms with Crippen LogP contribution in [0.1, 0.15) is 51.9 Å². The minimum Gasteiger partial charge on any atom is -0.481 e. The smallest absolute Gasteiger partial charge is 0.439 e. The molecule has 0 aromatic carbocycles. The second-order valence-electron chi connectivity index (χ2n) is 11.6. The summed E-state index contributed by atoms with van der Waals surface area (Å²) in [7, 11) is 1.58. The number of nitrogens with one attached hydrogen (secondary N) is 1. The maximum atomic E-state index is 11.8. The molecule has 5 heterocycles. The SMILES string of the molecule is COc1ncc(Cl)cc1-c1nc(-c2noc(=O)[nH]2)cc2nc(N3CCO[C@@H]4CCC[C@H]43)n(CC3CCC(C)CC3)c12. The van der Waals surface area contributed by atoms with E-state index in [0.717, 1.165) is 55.3 Å². The van der Waals surface area contributed by atoms with Gasteiger partial charge >= 0.3 is 5.76 Å². The highest BCUT2D eigenvalue weighted by molar-refractivity contribution is 6.30. The Hall–Kier alpha value is -3.44. The summed E-state index contributed by atoms with van der Waals surface area (Å²) >= 11 is 6.47. The first-order valence-electron chi connectivity index (χ1n) is 14.5. The van der Waals surface area contributed by atoms with E-state index in [1.165, 1.54) is 25.7 Å². The zero-order valence-electron chi connectivity index (χ0n) is 23.3. The van der Waals surface area contributed by atoms with Crippen molar-refractivity contribution in [1.29, 1.82) is 0 Å². The van der Waals surface area contributed by atoms with Crippen LogP contribution in [0.5, 0.6) is 5.88 Å². The highest BCUT2D eigenvalue weighted by Gasteiger charge is 2.39. The van der Waals surface area contributed by atoms with Crippen molar-refractivity contribution in [3.63, 3.8) is 0 Å². The molecule has 2 saturated carbocycles. The minimum atomic E-state index is -0.649. The van der Waals surface area contributed by atoms with Crippen molar-refractivity contribution in [3.05, 3.63) is 33.9 Å². The summed E-state index contributed by atoms with van der Waals surface area (Å²) in [5.74, 6) is 2.20. The molecular formula is C29H34ClN7O4. The van der Waals surface area contributed by atoms with Gasteiger partial charge in [-0.3, -0.25) is 9.51 Å². The van der Waals surface area contributed by atoms with Crippen LogP contribution in [0.3, 0.4) is 0 Å². The fourth-order valence-electron chi connectivity index (χ4n) is 6.89. The highest BCUT2D eigenvalue weighted by Crippen LogP contribution is 2.41. The summed E-state index contributed by atoms with van der Waals surface area (Å²) in [4.78, 5) is 31.7. The van der Waals surface area contributed by atoms with Crippen LogP contribution in [-0.4, -0.2) is 62.1 Å². The first kappa shape index (κ1) is 26.5. The zero-order chi connectivity index (χ0) is 28.1. The molecule has 4 aromatic rings. The molecule has 1 aliphatic heterocycles. The van der Waals surface area contributed by atoms with E-state index in [2.05, 4.69) is 31.5 Å². The lowest BCUT2D eigenvalue weighted by Crippen LogP contribution is -2.49. The van der Waals surface area contributed by atoms with Gasteiger partial charge in [-0.15, -0.1) is 0 Å². The Morgan fingerprint density at radius 2 is 2.00 bits per heavy atom.